The van der Waals surface area contributed by atoms with E-state index in [0.29, 0.717) is 6.04 Å². The van der Waals surface area contributed by atoms with Gasteiger partial charge in [0.05, 0.1) is 5.01 Å². The molecule has 90 valence electrons. The van der Waals surface area contributed by atoms with E-state index in [2.05, 4.69) is 24.1 Å². The highest BCUT2D eigenvalue weighted by Crippen LogP contribution is 2.10. The quantitative estimate of drug-likeness (QED) is 0.769. The van der Waals surface area contributed by atoms with Gasteiger partial charge < -0.3 is 10.4 Å². The molecule has 1 heterocycles. The Morgan fingerprint density at radius 3 is 2.75 bits per heavy atom. The van der Waals surface area contributed by atoms with E-state index in [1.165, 1.54) is 11.3 Å². The molecule has 0 bridgehead atoms. The Labute approximate surface area is 99.7 Å². The van der Waals surface area contributed by atoms with Crippen molar-refractivity contribution in [3.05, 3.63) is 16.1 Å². The second-order valence-electron chi connectivity index (χ2n) is 3.65. The number of aromatic nitrogens is 1. The lowest BCUT2D eigenvalue weighted by molar-refractivity contribution is 0.0691. The molecular formula is C11H18N2O2S. The molecule has 0 saturated carbocycles. The third-order valence-electron chi connectivity index (χ3n) is 2.53. The van der Waals surface area contributed by atoms with Crippen LogP contribution < -0.4 is 5.32 Å². The van der Waals surface area contributed by atoms with Crippen molar-refractivity contribution in [1.82, 2.24) is 10.3 Å². The third-order valence-corrected chi connectivity index (χ3v) is 3.44. The van der Waals surface area contributed by atoms with Crippen LogP contribution in [0.4, 0.5) is 0 Å². The number of nitrogens with one attached hydrogen (secondary N) is 1. The number of carboxylic acid groups (broad SMARTS) is 1. The van der Waals surface area contributed by atoms with Gasteiger partial charge in [0.2, 0.25) is 0 Å². The molecule has 2 N–H and O–H groups in total. The van der Waals surface area contributed by atoms with Crippen LogP contribution >= 0.6 is 11.3 Å². The summed E-state index contributed by atoms with van der Waals surface area (Å²) in [7, 11) is 0. The van der Waals surface area contributed by atoms with Crippen LogP contribution in [0.15, 0.2) is 5.38 Å². The molecule has 5 heteroatoms. The first-order valence-electron chi connectivity index (χ1n) is 5.58. The van der Waals surface area contributed by atoms with Gasteiger partial charge in [0.1, 0.15) is 0 Å². The molecule has 0 amide bonds. The molecule has 0 aliphatic carbocycles. The van der Waals surface area contributed by atoms with Crippen molar-refractivity contribution < 1.29 is 9.90 Å². The lowest BCUT2D eigenvalue weighted by Gasteiger charge is -2.13. The van der Waals surface area contributed by atoms with Gasteiger partial charge in [-0.2, -0.15) is 0 Å². The normalized spacial score (nSPS) is 10.9. The first-order chi connectivity index (χ1) is 7.67. The lowest BCUT2D eigenvalue weighted by Crippen LogP contribution is -2.29. The van der Waals surface area contributed by atoms with Gasteiger partial charge in [-0.05, 0) is 12.8 Å². The largest absolute Gasteiger partial charge is 0.476 e. The number of thiazole rings is 1. The first-order valence-corrected chi connectivity index (χ1v) is 6.46. The zero-order valence-electron chi connectivity index (χ0n) is 9.69. The Bertz CT molecular complexity index is 334. The molecule has 0 saturated heterocycles. The van der Waals surface area contributed by atoms with Crippen molar-refractivity contribution >= 4 is 17.3 Å². The van der Waals surface area contributed by atoms with Crippen LogP contribution in [0.5, 0.6) is 0 Å². The maximum atomic E-state index is 10.6. The van der Waals surface area contributed by atoms with Crippen molar-refractivity contribution in [3.8, 4) is 0 Å². The van der Waals surface area contributed by atoms with Crippen LogP contribution in [-0.2, 0) is 6.42 Å². The van der Waals surface area contributed by atoms with Crippen molar-refractivity contribution in [2.45, 2.75) is 39.2 Å². The predicted molar refractivity (Wildman–Crippen MR) is 65.2 cm³/mol. The highest BCUT2D eigenvalue weighted by molar-refractivity contribution is 7.09. The van der Waals surface area contributed by atoms with E-state index in [1.807, 2.05) is 0 Å². The van der Waals surface area contributed by atoms with Gasteiger partial charge in [0, 0.05) is 24.4 Å². The number of carbonyl (C=O) groups is 1. The van der Waals surface area contributed by atoms with Crippen LogP contribution in [0.3, 0.4) is 0 Å². The van der Waals surface area contributed by atoms with E-state index in [9.17, 15) is 4.79 Å². The summed E-state index contributed by atoms with van der Waals surface area (Å²) in [5.74, 6) is -0.949. The number of rotatable bonds is 7. The van der Waals surface area contributed by atoms with Gasteiger partial charge in [-0.15, -0.1) is 11.3 Å². The summed E-state index contributed by atoms with van der Waals surface area (Å²) < 4.78 is 0. The third kappa shape index (κ3) is 3.90. The number of hydrogen-bond acceptors (Lipinski definition) is 4. The monoisotopic (exact) mass is 242 g/mol. The molecule has 0 unspecified atom stereocenters. The zero-order valence-corrected chi connectivity index (χ0v) is 10.5. The molecule has 16 heavy (non-hydrogen) atoms. The molecule has 0 spiro atoms. The van der Waals surface area contributed by atoms with Crippen LogP contribution in [0.1, 0.15) is 42.2 Å². The number of nitrogens with zero attached hydrogens (tertiary/aromatic N) is 1. The summed E-state index contributed by atoms with van der Waals surface area (Å²) in [5.41, 5.74) is 0.155. The number of aromatic carboxylic acids is 1. The molecule has 0 aromatic carbocycles. The summed E-state index contributed by atoms with van der Waals surface area (Å²) in [6.07, 6.45) is 3.04. The summed E-state index contributed by atoms with van der Waals surface area (Å²) in [6.45, 7) is 5.18. The number of carboxylic acids is 1. The molecule has 1 aromatic rings. The maximum Gasteiger partial charge on any atom is 0.355 e. The van der Waals surface area contributed by atoms with Crippen molar-refractivity contribution in [2.75, 3.05) is 6.54 Å². The fraction of sp³-hybridized carbons (Fsp3) is 0.636. The summed E-state index contributed by atoms with van der Waals surface area (Å²) in [5, 5.41) is 14.6. The van der Waals surface area contributed by atoms with Crippen LogP contribution in [0.25, 0.3) is 0 Å². The number of hydrogen-bond donors (Lipinski definition) is 2. The average molecular weight is 242 g/mol. The van der Waals surface area contributed by atoms with Crippen LogP contribution in [0.2, 0.25) is 0 Å². The van der Waals surface area contributed by atoms with Gasteiger partial charge in [-0.25, -0.2) is 9.78 Å². The summed E-state index contributed by atoms with van der Waals surface area (Å²) in [4.78, 5) is 14.7. The Balaban J connectivity index is 2.34. The highest BCUT2D eigenvalue weighted by atomic mass is 32.1. The second-order valence-corrected chi connectivity index (χ2v) is 4.59. The Hall–Kier alpha value is -0.940. The van der Waals surface area contributed by atoms with E-state index in [0.717, 1.165) is 30.8 Å². The first kappa shape index (κ1) is 13.1. The zero-order chi connectivity index (χ0) is 12.0. The second kappa shape index (κ2) is 6.60. The van der Waals surface area contributed by atoms with E-state index in [4.69, 9.17) is 5.11 Å². The van der Waals surface area contributed by atoms with E-state index in [1.54, 1.807) is 5.38 Å². The fourth-order valence-electron chi connectivity index (χ4n) is 1.48. The van der Waals surface area contributed by atoms with Gasteiger partial charge in [0.15, 0.2) is 5.69 Å². The van der Waals surface area contributed by atoms with Crippen molar-refractivity contribution in [3.63, 3.8) is 0 Å². The minimum absolute atomic E-state index is 0.155. The van der Waals surface area contributed by atoms with Crippen LogP contribution in [0, 0.1) is 0 Å². The molecular weight excluding hydrogens is 224 g/mol. The Morgan fingerprint density at radius 1 is 1.56 bits per heavy atom. The average Bonchev–Trinajstić information content (AvgIpc) is 2.73. The van der Waals surface area contributed by atoms with Gasteiger partial charge in [-0.3, -0.25) is 0 Å². The van der Waals surface area contributed by atoms with E-state index < -0.39 is 5.97 Å². The SMILES string of the molecule is CCC(CC)NCCc1nc(C(=O)O)cs1. The van der Waals surface area contributed by atoms with E-state index in [-0.39, 0.29) is 5.69 Å². The molecule has 0 aliphatic rings. The Morgan fingerprint density at radius 2 is 2.25 bits per heavy atom. The topological polar surface area (TPSA) is 62.2 Å². The molecule has 1 aromatic heterocycles. The van der Waals surface area contributed by atoms with E-state index >= 15 is 0 Å². The highest BCUT2D eigenvalue weighted by Gasteiger charge is 2.08. The summed E-state index contributed by atoms with van der Waals surface area (Å²) >= 11 is 1.41. The molecule has 0 atom stereocenters. The van der Waals surface area contributed by atoms with Gasteiger partial charge in [-0.1, -0.05) is 13.8 Å². The molecule has 0 fully saturated rings. The van der Waals surface area contributed by atoms with Crippen LogP contribution in [-0.4, -0.2) is 28.6 Å². The van der Waals surface area contributed by atoms with Crippen molar-refractivity contribution in [2.24, 2.45) is 0 Å². The fourth-order valence-corrected chi connectivity index (χ4v) is 2.26. The van der Waals surface area contributed by atoms with Gasteiger partial charge >= 0.3 is 5.97 Å². The molecule has 4 nitrogen and oxygen atoms in total. The minimum Gasteiger partial charge on any atom is -0.476 e. The Kier molecular flexibility index (Phi) is 5.42. The molecule has 0 radical (unpaired) electrons. The summed E-state index contributed by atoms with van der Waals surface area (Å²) in [6, 6.07) is 0.555. The standard InChI is InChI=1S/C11H18N2O2S/c1-3-8(4-2)12-6-5-10-13-9(7-16-10)11(14)15/h7-8,12H,3-6H2,1-2H3,(H,14,15). The minimum atomic E-state index is -0.949. The van der Waals surface area contributed by atoms with Crippen molar-refractivity contribution in [1.29, 1.82) is 0 Å². The van der Waals surface area contributed by atoms with Gasteiger partial charge in [0.25, 0.3) is 0 Å². The maximum absolute atomic E-state index is 10.6. The smallest absolute Gasteiger partial charge is 0.355 e. The lowest BCUT2D eigenvalue weighted by atomic mass is 10.2. The molecule has 0 aliphatic heterocycles. The predicted octanol–water partition coefficient (Wildman–Crippen LogP) is 2.16. The molecule has 1 rings (SSSR count).